The van der Waals surface area contributed by atoms with Gasteiger partial charge >= 0.3 is 0 Å². The van der Waals surface area contributed by atoms with E-state index in [2.05, 4.69) is 35.7 Å². The van der Waals surface area contributed by atoms with E-state index in [0.717, 1.165) is 4.47 Å². The van der Waals surface area contributed by atoms with Gasteiger partial charge in [-0.1, -0.05) is 15.9 Å². The summed E-state index contributed by atoms with van der Waals surface area (Å²) in [5, 5.41) is 4.11. The third kappa shape index (κ3) is 4.61. The molecule has 1 N–H and O–H groups in total. The fourth-order valence-electron chi connectivity index (χ4n) is 2.45. The molecule has 2 aromatic heterocycles. The van der Waals surface area contributed by atoms with Crippen molar-refractivity contribution in [3.05, 3.63) is 83.9 Å². The van der Waals surface area contributed by atoms with E-state index in [4.69, 9.17) is 4.74 Å². The van der Waals surface area contributed by atoms with Crippen molar-refractivity contribution in [2.75, 3.05) is 4.72 Å². The molecule has 8 nitrogen and oxygen atoms in total. The third-order valence-electron chi connectivity index (χ3n) is 3.82. The summed E-state index contributed by atoms with van der Waals surface area (Å²) in [6.45, 7) is 0. The monoisotopic (exact) mass is 471 g/mol. The van der Waals surface area contributed by atoms with Crippen molar-refractivity contribution >= 4 is 31.6 Å². The van der Waals surface area contributed by atoms with Gasteiger partial charge in [-0.2, -0.15) is 5.10 Å². The maximum Gasteiger partial charge on any atom is 0.261 e. The van der Waals surface area contributed by atoms with E-state index in [1.165, 1.54) is 18.5 Å². The second kappa shape index (κ2) is 8.02. The molecule has 2 heterocycles. The normalized spacial score (nSPS) is 11.2. The predicted octanol–water partition coefficient (Wildman–Crippen LogP) is 4.02. The first-order valence-electron chi connectivity index (χ1n) is 8.38. The lowest BCUT2D eigenvalue weighted by atomic mass is 10.3. The first-order chi connectivity index (χ1) is 14.0. The molecular formula is C19H14BrN5O3S. The van der Waals surface area contributed by atoms with Crippen LogP contribution < -0.4 is 9.46 Å². The Morgan fingerprint density at radius 3 is 2.45 bits per heavy atom. The summed E-state index contributed by atoms with van der Waals surface area (Å²) in [5.74, 6) is 1.41. The number of nitrogens with one attached hydrogen (secondary N) is 1. The minimum Gasteiger partial charge on any atom is -0.439 e. The lowest BCUT2D eigenvalue weighted by Gasteiger charge is -2.10. The van der Waals surface area contributed by atoms with E-state index >= 15 is 0 Å². The predicted molar refractivity (Wildman–Crippen MR) is 111 cm³/mol. The Morgan fingerprint density at radius 2 is 1.76 bits per heavy atom. The zero-order chi connectivity index (χ0) is 20.3. The van der Waals surface area contributed by atoms with Crippen molar-refractivity contribution in [2.24, 2.45) is 0 Å². The van der Waals surface area contributed by atoms with Crippen LogP contribution in [0.4, 0.5) is 5.69 Å². The molecule has 0 aliphatic rings. The number of hydrogen-bond donors (Lipinski definition) is 1. The molecule has 0 amide bonds. The highest BCUT2D eigenvalue weighted by molar-refractivity contribution is 9.10. The van der Waals surface area contributed by atoms with E-state index in [1.54, 1.807) is 65.6 Å². The highest BCUT2D eigenvalue weighted by Gasteiger charge is 2.14. The number of aromatic nitrogens is 4. The Hall–Kier alpha value is -3.24. The van der Waals surface area contributed by atoms with E-state index < -0.39 is 10.0 Å². The second-order valence-electron chi connectivity index (χ2n) is 5.85. The fraction of sp³-hybridized carbons (Fsp3) is 0. The molecule has 29 heavy (non-hydrogen) atoms. The molecule has 10 heteroatoms. The lowest BCUT2D eigenvalue weighted by Crippen LogP contribution is -2.12. The van der Waals surface area contributed by atoms with Crippen LogP contribution in [0.25, 0.3) is 5.82 Å². The van der Waals surface area contributed by atoms with Gasteiger partial charge in [-0.15, -0.1) is 0 Å². The minimum atomic E-state index is -3.67. The summed E-state index contributed by atoms with van der Waals surface area (Å²) >= 11 is 3.29. The average molecular weight is 472 g/mol. The molecular weight excluding hydrogens is 458 g/mol. The smallest absolute Gasteiger partial charge is 0.261 e. The van der Waals surface area contributed by atoms with E-state index in [1.807, 2.05) is 0 Å². The van der Waals surface area contributed by atoms with Crippen LogP contribution in [0.1, 0.15) is 0 Å². The van der Waals surface area contributed by atoms with Gasteiger partial charge in [0.2, 0.25) is 5.88 Å². The summed E-state index contributed by atoms with van der Waals surface area (Å²) < 4.78 is 35.6. The number of rotatable bonds is 6. The maximum atomic E-state index is 12.5. The second-order valence-corrected chi connectivity index (χ2v) is 8.45. The summed E-state index contributed by atoms with van der Waals surface area (Å²) in [7, 11) is -3.67. The first-order valence-corrected chi connectivity index (χ1v) is 10.7. The van der Waals surface area contributed by atoms with Crippen LogP contribution in [0, 0.1) is 0 Å². The minimum absolute atomic E-state index is 0.174. The van der Waals surface area contributed by atoms with Crippen molar-refractivity contribution in [2.45, 2.75) is 4.90 Å². The molecule has 0 aliphatic carbocycles. The number of nitrogens with zero attached hydrogens (tertiary/aromatic N) is 4. The maximum absolute atomic E-state index is 12.5. The molecule has 146 valence electrons. The van der Waals surface area contributed by atoms with Crippen molar-refractivity contribution < 1.29 is 13.2 Å². The van der Waals surface area contributed by atoms with Crippen LogP contribution in [-0.4, -0.2) is 28.2 Å². The molecule has 0 saturated carbocycles. The molecule has 4 aromatic rings. The Kier molecular flexibility index (Phi) is 5.28. The SMILES string of the molecule is O=S(=O)(Nc1ccc(Oc2cc(-n3cccn3)ncn2)cc1)c1ccc(Br)cc1. The number of halogens is 1. The number of sulfonamides is 1. The average Bonchev–Trinajstić information content (AvgIpc) is 3.25. The van der Waals surface area contributed by atoms with E-state index in [-0.39, 0.29) is 4.90 Å². The van der Waals surface area contributed by atoms with Gasteiger partial charge < -0.3 is 4.74 Å². The van der Waals surface area contributed by atoms with Gasteiger partial charge in [0, 0.05) is 28.6 Å². The first kappa shape index (κ1) is 19.1. The summed E-state index contributed by atoms with van der Waals surface area (Å²) in [6.07, 6.45) is 4.79. The fourth-order valence-corrected chi connectivity index (χ4v) is 3.78. The van der Waals surface area contributed by atoms with Crippen LogP contribution in [0.15, 0.2) is 88.8 Å². The third-order valence-corrected chi connectivity index (χ3v) is 5.75. The zero-order valence-corrected chi connectivity index (χ0v) is 17.2. The molecule has 0 spiro atoms. The number of benzene rings is 2. The largest absolute Gasteiger partial charge is 0.439 e. The van der Waals surface area contributed by atoms with Gasteiger partial charge in [0.15, 0.2) is 5.82 Å². The van der Waals surface area contributed by atoms with Gasteiger partial charge in [-0.25, -0.2) is 23.1 Å². The van der Waals surface area contributed by atoms with Gasteiger partial charge in [0.1, 0.15) is 12.1 Å². The van der Waals surface area contributed by atoms with Gasteiger partial charge in [0.25, 0.3) is 10.0 Å². The summed E-state index contributed by atoms with van der Waals surface area (Å²) in [5.41, 5.74) is 0.417. The van der Waals surface area contributed by atoms with Crippen molar-refractivity contribution in [1.82, 2.24) is 19.7 Å². The van der Waals surface area contributed by atoms with Crippen LogP contribution >= 0.6 is 15.9 Å². The van der Waals surface area contributed by atoms with Crippen molar-refractivity contribution in [3.63, 3.8) is 0 Å². The Balaban J connectivity index is 1.47. The molecule has 2 aromatic carbocycles. The van der Waals surface area contributed by atoms with Crippen LogP contribution in [0.3, 0.4) is 0 Å². The molecule has 0 bridgehead atoms. The summed E-state index contributed by atoms with van der Waals surface area (Å²) in [6, 6.07) is 16.3. The number of hydrogen-bond acceptors (Lipinski definition) is 6. The van der Waals surface area contributed by atoms with Gasteiger partial charge in [-0.3, -0.25) is 4.72 Å². The molecule has 0 fully saturated rings. The van der Waals surface area contributed by atoms with Gasteiger partial charge in [0.05, 0.1) is 4.90 Å². The molecule has 0 radical (unpaired) electrons. The lowest BCUT2D eigenvalue weighted by molar-refractivity contribution is 0.460. The van der Waals surface area contributed by atoms with Crippen molar-refractivity contribution in [3.8, 4) is 17.4 Å². The molecule has 0 unspecified atom stereocenters. The molecule has 0 saturated heterocycles. The Morgan fingerprint density at radius 1 is 1.00 bits per heavy atom. The highest BCUT2D eigenvalue weighted by Crippen LogP contribution is 2.24. The Bertz CT molecular complexity index is 1210. The number of ether oxygens (including phenoxy) is 1. The standard InChI is InChI=1S/C19H14BrN5O3S/c20-14-2-8-17(9-3-14)29(26,27)24-15-4-6-16(7-5-15)28-19-12-18(21-13-22-19)25-11-1-10-23-25/h1-13,24H. The van der Waals surface area contributed by atoms with E-state index in [9.17, 15) is 8.42 Å². The topological polar surface area (TPSA) is 99.0 Å². The van der Waals surface area contributed by atoms with E-state index in [0.29, 0.717) is 23.1 Å². The van der Waals surface area contributed by atoms with Crippen molar-refractivity contribution in [1.29, 1.82) is 0 Å². The van der Waals surface area contributed by atoms with Crippen LogP contribution in [0.2, 0.25) is 0 Å². The zero-order valence-electron chi connectivity index (χ0n) is 14.8. The summed E-state index contributed by atoms with van der Waals surface area (Å²) in [4.78, 5) is 8.40. The quantitative estimate of drug-likeness (QED) is 0.455. The molecule has 0 atom stereocenters. The van der Waals surface area contributed by atoms with Crippen LogP contribution in [0.5, 0.6) is 11.6 Å². The van der Waals surface area contributed by atoms with Crippen LogP contribution in [-0.2, 0) is 10.0 Å². The van der Waals surface area contributed by atoms with Gasteiger partial charge in [-0.05, 0) is 54.6 Å². The molecule has 0 aliphatic heterocycles. The number of anilines is 1. The highest BCUT2D eigenvalue weighted by atomic mass is 79.9. The Labute approximate surface area is 175 Å². The molecule has 4 rings (SSSR count).